The molecule has 0 bridgehead atoms. The van der Waals surface area contributed by atoms with Gasteiger partial charge in [0.15, 0.2) is 0 Å². The molecule has 0 N–H and O–H groups in total. The number of ether oxygens (including phenoxy) is 2. The van der Waals surface area contributed by atoms with Crippen LogP contribution in [0.25, 0.3) is 6.08 Å². The van der Waals surface area contributed by atoms with E-state index in [1.54, 1.807) is 7.11 Å². The Kier molecular flexibility index (Phi) is 6.03. The van der Waals surface area contributed by atoms with E-state index in [2.05, 4.69) is 11.1 Å². The molecule has 2 aliphatic heterocycles. The largest absolute Gasteiger partial charge is 0.497 e. The fraction of sp³-hybridized carbons (Fsp3) is 0.300. The van der Waals surface area contributed by atoms with Gasteiger partial charge < -0.3 is 18.8 Å². The summed E-state index contributed by atoms with van der Waals surface area (Å²) in [5, 5.41) is 9.40. The van der Waals surface area contributed by atoms with E-state index in [0.29, 0.717) is 48.0 Å². The van der Waals surface area contributed by atoms with Crippen molar-refractivity contribution < 1.29 is 18.7 Å². The molecule has 0 atom stereocenters. The lowest BCUT2D eigenvalue weighted by Gasteiger charge is -2.25. The SMILES string of the molecule is COc1ccc(CN2C(=O)C(=Cc3nc(C#N)c(N4CCOCC4)o3)SC2=S)cc1. The molecule has 2 aliphatic rings. The first-order valence-electron chi connectivity index (χ1n) is 9.21. The highest BCUT2D eigenvalue weighted by Crippen LogP contribution is 2.34. The van der Waals surface area contributed by atoms with Gasteiger partial charge in [0.2, 0.25) is 17.5 Å². The fourth-order valence-electron chi connectivity index (χ4n) is 3.11. The van der Waals surface area contributed by atoms with E-state index in [0.717, 1.165) is 11.3 Å². The number of thiocarbonyl (C=S) groups is 1. The van der Waals surface area contributed by atoms with Gasteiger partial charge in [-0.05, 0) is 17.7 Å². The second-order valence-corrected chi connectivity index (χ2v) is 8.21. The number of nitrogens with zero attached hydrogens (tertiary/aromatic N) is 4. The maximum absolute atomic E-state index is 12.9. The summed E-state index contributed by atoms with van der Waals surface area (Å²) in [4.78, 5) is 21.0. The molecule has 2 aromatic rings. The highest BCUT2D eigenvalue weighted by Gasteiger charge is 2.33. The molecule has 1 aromatic carbocycles. The molecule has 3 heterocycles. The molecule has 2 saturated heterocycles. The predicted octanol–water partition coefficient (Wildman–Crippen LogP) is 2.79. The van der Waals surface area contributed by atoms with Crippen LogP contribution in [0.15, 0.2) is 33.6 Å². The van der Waals surface area contributed by atoms with Gasteiger partial charge in [-0.2, -0.15) is 10.2 Å². The summed E-state index contributed by atoms with van der Waals surface area (Å²) >= 11 is 6.58. The van der Waals surface area contributed by atoms with E-state index in [4.69, 9.17) is 26.1 Å². The van der Waals surface area contributed by atoms with Gasteiger partial charge in [0, 0.05) is 19.2 Å². The predicted molar refractivity (Wildman–Crippen MR) is 116 cm³/mol. The zero-order chi connectivity index (χ0) is 21.1. The van der Waals surface area contributed by atoms with Gasteiger partial charge in [-0.1, -0.05) is 36.1 Å². The molecule has 0 radical (unpaired) electrons. The van der Waals surface area contributed by atoms with Gasteiger partial charge in [0.05, 0.1) is 31.8 Å². The number of nitriles is 1. The Labute approximate surface area is 183 Å². The number of hydrogen-bond donors (Lipinski definition) is 0. The number of oxazole rings is 1. The number of anilines is 1. The van der Waals surface area contributed by atoms with Crippen LogP contribution in [0.5, 0.6) is 5.75 Å². The van der Waals surface area contributed by atoms with Crippen molar-refractivity contribution in [3.8, 4) is 11.8 Å². The number of benzene rings is 1. The molecule has 1 aromatic heterocycles. The molecule has 154 valence electrons. The van der Waals surface area contributed by atoms with Crippen molar-refractivity contribution in [2.24, 2.45) is 0 Å². The molecule has 10 heteroatoms. The second-order valence-electron chi connectivity index (χ2n) is 6.53. The first-order valence-corrected chi connectivity index (χ1v) is 10.4. The Bertz CT molecular complexity index is 1040. The van der Waals surface area contributed by atoms with Crippen LogP contribution in [0.2, 0.25) is 0 Å². The number of aromatic nitrogens is 1. The Morgan fingerprint density at radius 3 is 2.73 bits per heavy atom. The van der Waals surface area contributed by atoms with Gasteiger partial charge in [0.1, 0.15) is 16.1 Å². The highest BCUT2D eigenvalue weighted by atomic mass is 32.2. The fourth-order valence-corrected chi connectivity index (χ4v) is 4.33. The highest BCUT2D eigenvalue weighted by molar-refractivity contribution is 8.26. The quantitative estimate of drug-likeness (QED) is 0.512. The number of thioether (sulfide) groups is 1. The molecular formula is C20H18N4O4S2. The first-order chi connectivity index (χ1) is 14.6. The Balaban J connectivity index is 1.53. The summed E-state index contributed by atoms with van der Waals surface area (Å²) < 4.78 is 16.7. The number of hydrogen-bond acceptors (Lipinski definition) is 9. The van der Waals surface area contributed by atoms with E-state index >= 15 is 0 Å². The Morgan fingerprint density at radius 1 is 1.33 bits per heavy atom. The minimum Gasteiger partial charge on any atom is -0.497 e. The number of amides is 1. The molecular weight excluding hydrogens is 424 g/mol. The van der Waals surface area contributed by atoms with Crippen LogP contribution in [-0.2, 0) is 16.1 Å². The van der Waals surface area contributed by atoms with Crippen LogP contribution in [0.4, 0.5) is 5.88 Å². The smallest absolute Gasteiger partial charge is 0.266 e. The van der Waals surface area contributed by atoms with Crippen LogP contribution in [-0.4, -0.2) is 53.5 Å². The molecule has 0 saturated carbocycles. The minimum absolute atomic E-state index is 0.192. The van der Waals surface area contributed by atoms with Crippen LogP contribution in [0, 0.1) is 11.3 Å². The molecule has 0 aliphatic carbocycles. The first kappa shape index (κ1) is 20.4. The van der Waals surface area contributed by atoms with Crippen molar-refractivity contribution >= 4 is 46.2 Å². The zero-order valence-electron chi connectivity index (χ0n) is 16.2. The third-order valence-corrected chi connectivity index (χ3v) is 6.04. The third-order valence-electron chi connectivity index (χ3n) is 4.66. The van der Waals surface area contributed by atoms with Crippen LogP contribution >= 0.6 is 24.0 Å². The lowest BCUT2D eigenvalue weighted by Crippen LogP contribution is -2.36. The number of carbonyl (C=O) groups is 1. The van der Waals surface area contributed by atoms with Gasteiger partial charge in [-0.25, -0.2) is 0 Å². The van der Waals surface area contributed by atoms with Gasteiger partial charge in [-0.15, -0.1) is 0 Å². The Hall–Kier alpha value is -2.87. The molecule has 4 rings (SSSR count). The van der Waals surface area contributed by atoms with E-state index in [1.807, 2.05) is 29.2 Å². The molecule has 2 fully saturated rings. The van der Waals surface area contributed by atoms with Crippen LogP contribution < -0.4 is 9.64 Å². The van der Waals surface area contributed by atoms with Crippen molar-refractivity contribution in [3.05, 3.63) is 46.3 Å². The average molecular weight is 443 g/mol. The van der Waals surface area contributed by atoms with E-state index in [-0.39, 0.29) is 17.5 Å². The number of morpholine rings is 1. The van der Waals surface area contributed by atoms with Crippen molar-refractivity contribution in [2.45, 2.75) is 6.54 Å². The number of methoxy groups -OCH3 is 1. The van der Waals surface area contributed by atoms with Crippen molar-refractivity contribution in [1.29, 1.82) is 5.26 Å². The monoisotopic (exact) mass is 442 g/mol. The zero-order valence-corrected chi connectivity index (χ0v) is 17.8. The topological polar surface area (TPSA) is 91.8 Å². The molecule has 8 nitrogen and oxygen atoms in total. The lowest BCUT2D eigenvalue weighted by atomic mass is 10.2. The summed E-state index contributed by atoms with van der Waals surface area (Å²) in [6.07, 6.45) is 1.54. The maximum Gasteiger partial charge on any atom is 0.266 e. The number of carbonyl (C=O) groups excluding carboxylic acids is 1. The summed E-state index contributed by atoms with van der Waals surface area (Å²) in [7, 11) is 1.60. The summed E-state index contributed by atoms with van der Waals surface area (Å²) in [6.45, 7) is 2.72. The van der Waals surface area contributed by atoms with E-state index < -0.39 is 0 Å². The summed E-state index contributed by atoms with van der Waals surface area (Å²) in [5.74, 6) is 1.14. The average Bonchev–Trinajstić information content (AvgIpc) is 3.31. The molecule has 30 heavy (non-hydrogen) atoms. The van der Waals surface area contributed by atoms with Crippen molar-refractivity contribution in [1.82, 2.24) is 9.88 Å². The van der Waals surface area contributed by atoms with Gasteiger partial charge in [-0.3, -0.25) is 9.69 Å². The van der Waals surface area contributed by atoms with E-state index in [1.165, 1.54) is 22.7 Å². The van der Waals surface area contributed by atoms with Gasteiger partial charge >= 0.3 is 0 Å². The standard InChI is InChI=1S/C20H18N4O4S2/c1-26-14-4-2-13(3-5-14)12-24-18(25)16(30-20(24)29)10-17-22-15(11-21)19(28-17)23-6-8-27-9-7-23/h2-5,10H,6-9,12H2,1H3. The molecule has 0 spiro atoms. The van der Waals surface area contributed by atoms with Crippen LogP contribution in [0.1, 0.15) is 17.1 Å². The van der Waals surface area contributed by atoms with Crippen molar-refractivity contribution in [3.63, 3.8) is 0 Å². The summed E-state index contributed by atoms with van der Waals surface area (Å²) in [6, 6.07) is 9.52. The third kappa shape index (κ3) is 4.18. The molecule has 0 unspecified atom stereocenters. The molecule has 1 amide bonds. The number of rotatable bonds is 5. The van der Waals surface area contributed by atoms with Gasteiger partial charge in [0.25, 0.3) is 5.91 Å². The normalized spacial score (nSPS) is 18.2. The lowest BCUT2D eigenvalue weighted by molar-refractivity contribution is -0.122. The van der Waals surface area contributed by atoms with E-state index in [9.17, 15) is 10.1 Å². The Morgan fingerprint density at radius 2 is 2.07 bits per heavy atom. The van der Waals surface area contributed by atoms with Crippen LogP contribution in [0.3, 0.4) is 0 Å². The second kappa shape index (κ2) is 8.87. The summed E-state index contributed by atoms with van der Waals surface area (Å²) in [5.41, 5.74) is 1.13. The van der Waals surface area contributed by atoms with Crippen molar-refractivity contribution in [2.75, 3.05) is 38.3 Å². The minimum atomic E-state index is -0.217. The maximum atomic E-state index is 12.9.